The number of carbonyl (C=O) groups excluding carboxylic acids is 2. The quantitative estimate of drug-likeness (QED) is 0.260. The maximum Gasteiger partial charge on any atom is 0.407 e. The van der Waals surface area contributed by atoms with Gasteiger partial charge in [-0.1, -0.05) is 92.7 Å². The van der Waals surface area contributed by atoms with Crippen LogP contribution in [0.3, 0.4) is 0 Å². The highest BCUT2D eigenvalue weighted by Gasteiger charge is 2.32. The Labute approximate surface area is 241 Å². The second-order valence-electron chi connectivity index (χ2n) is 10.9. The number of rotatable bonds is 13. The molecule has 0 radical (unpaired) electrons. The van der Waals surface area contributed by atoms with E-state index < -0.39 is 36.0 Å². The Bertz CT molecular complexity index is 1300. The van der Waals surface area contributed by atoms with E-state index in [9.17, 15) is 19.5 Å². The van der Waals surface area contributed by atoms with Gasteiger partial charge in [0.1, 0.15) is 6.61 Å². The van der Waals surface area contributed by atoms with Crippen molar-refractivity contribution >= 4 is 18.0 Å². The number of hydrogen-bond donors (Lipinski definition) is 3. The van der Waals surface area contributed by atoms with Gasteiger partial charge in [0.25, 0.3) is 0 Å². The molecular weight excluding hydrogens is 520 g/mol. The maximum absolute atomic E-state index is 13.2. The predicted molar refractivity (Wildman–Crippen MR) is 156 cm³/mol. The first-order valence-corrected chi connectivity index (χ1v) is 14.0. The van der Waals surface area contributed by atoms with E-state index in [1.165, 1.54) is 0 Å². The van der Waals surface area contributed by atoms with Crippen LogP contribution in [0.5, 0.6) is 0 Å². The van der Waals surface area contributed by atoms with Crippen molar-refractivity contribution in [3.8, 4) is 11.1 Å². The lowest BCUT2D eigenvalue weighted by Gasteiger charge is -2.25. The number of carboxylic acids is 1. The highest BCUT2D eigenvalue weighted by Crippen LogP contribution is 2.44. The molecule has 0 heterocycles. The van der Waals surface area contributed by atoms with Gasteiger partial charge in [0.2, 0.25) is 5.91 Å². The second-order valence-corrected chi connectivity index (χ2v) is 10.9. The molecule has 0 aliphatic heterocycles. The first-order chi connectivity index (χ1) is 19.7. The zero-order chi connectivity index (χ0) is 29.4. The van der Waals surface area contributed by atoms with Gasteiger partial charge in [0.15, 0.2) is 6.04 Å². The number of carbonyl (C=O) groups is 3. The van der Waals surface area contributed by atoms with Crippen LogP contribution in [0.2, 0.25) is 0 Å². The number of ether oxygens (including phenoxy) is 2. The Morgan fingerprint density at radius 3 is 2.02 bits per heavy atom. The van der Waals surface area contributed by atoms with Crippen molar-refractivity contribution in [3.63, 3.8) is 0 Å². The molecule has 3 aromatic carbocycles. The van der Waals surface area contributed by atoms with Crippen LogP contribution in [0.25, 0.3) is 11.1 Å². The van der Waals surface area contributed by atoms with Crippen LogP contribution in [0.4, 0.5) is 4.79 Å². The molecule has 0 fully saturated rings. The number of fused-ring (bicyclic) bond motifs is 3. The molecule has 0 bridgehead atoms. The molecule has 1 aliphatic rings. The lowest BCUT2D eigenvalue weighted by atomic mass is 9.95. The molecule has 0 saturated carbocycles. The molecule has 0 aromatic heterocycles. The predicted octanol–water partition coefficient (Wildman–Crippen LogP) is 5.36. The first-order valence-electron chi connectivity index (χ1n) is 14.0. The van der Waals surface area contributed by atoms with Crippen molar-refractivity contribution in [2.24, 2.45) is 11.8 Å². The normalized spacial score (nSPS) is 14.4. The summed E-state index contributed by atoms with van der Waals surface area (Å²) in [6.07, 6.45) is -0.935. The Morgan fingerprint density at radius 1 is 0.854 bits per heavy atom. The van der Waals surface area contributed by atoms with E-state index in [1.54, 1.807) is 6.92 Å². The van der Waals surface area contributed by atoms with Crippen LogP contribution in [-0.4, -0.2) is 48.4 Å². The minimum absolute atomic E-state index is 0.0201. The summed E-state index contributed by atoms with van der Waals surface area (Å²) in [6.45, 7) is 5.96. The number of hydrogen-bond acceptors (Lipinski definition) is 5. The summed E-state index contributed by atoms with van der Waals surface area (Å²) in [7, 11) is 0. The lowest BCUT2D eigenvalue weighted by molar-refractivity contribution is -0.147. The van der Waals surface area contributed by atoms with Gasteiger partial charge in [-0.25, -0.2) is 9.59 Å². The summed E-state index contributed by atoms with van der Waals surface area (Å²) in [5, 5.41) is 15.1. The fourth-order valence-electron chi connectivity index (χ4n) is 5.26. The number of aliphatic carboxylic acids is 1. The third kappa shape index (κ3) is 7.73. The van der Waals surface area contributed by atoms with Crippen molar-refractivity contribution in [1.82, 2.24) is 10.6 Å². The maximum atomic E-state index is 13.2. The van der Waals surface area contributed by atoms with Crippen LogP contribution in [-0.2, 0) is 25.7 Å². The Balaban J connectivity index is 1.33. The smallest absolute Gasteiger partial charge is 0.407 e. The van der Waals surface area contributed by atoms with Gasteiger partial charge in [-0.05, 0) is 47.1 Å². The van der Waals surface area contributed by atoms with Crippen molar-refractivity contribution in [3.05, 3.63) is 95.6 Å². The summed E-state index contributed by atoms with van der Waals surface area (Å²) in [5.41, 5.74) is 5.41. The average Bonchev–Trinajstić information content (AvgIpc) is 3.29. The van der Waals surface area contributed by atoms with Crippen LogP contribution in [0, 0.1) is 11.8 Å². The summed E-state index contributed by atoms with van der Waals surface area (Å²) in [4.78, 5) is 37.9. The molecule has 1 aliphatic carbocycles. The number of carboxylic acid groups (broad SMARTS) is 1. The summed E-state index contributed by atoms with van der Waals surface area (Å²) < 4.78 is 11.4. The third-order valence-electron chi connectivity index (χ3n) is 7.35. The van der Waals surface area contributed by atoms with Gasteiger partial charge >= 0.3 is 12.1 Å². The molecule has 8 heteroatoms. The molecule has 3 atom stereocenters. The second kappa shape index (κ2) is 13.9. The lowest BCUT2D eigenvalue weighted by Crippen LogP contribution is -2.51. The standard InChI is InChI=1S/C33H38N2O6/c1-21(2)17-24(31(36)35-30(32(37)38)22(3)40-19-23-11-5-4-6-12-23)18-34-33(39)41-20-29-27-15-9-7-13-25(27)26-14-8-10-16-28(26)29/h4-16,21-22,24,29-30H,17-20H2,1-3H3,(H,34,39)(H,35,36)(H,37,38)/t22-,24?,30+/m0/s1. The molecule has 8 nitrogen and oxygen atoms in total. The minimum atomic E-state index is -1.24. The van der Waals surface area contributed by atoms with Crippen LogP contribution in [0.1, 0.15) is 49.8 Å². The number of nitrogens with one attached hydrogen (secondary N) is 2. The van der Waals surface area contributed by atoms with Crippen molar-refractivity contribution in [1.29, 1.82) is 0 Å². The Hall–Kier alpha value is -4.17. The molecule has 1 unspecified atom stereocenters. The minimum Gasteiger partial charge on any atom is -0.480 e. The highest BCUT2D eigenvalue weighted by molar-refractivity contribution is 5.86. The fourth-order valence-corrected chi connectivity index (χ4v) is 5.26. The topological polar surface area (TPSA) is 114 Å². The molecule has 3 N–H and O–H groups in total. The monoisotopic (exact) mass is 558 g/mol. The molecule has 216 valence electrons. The zero-order valence-electron chi connectivity index (χ0n) is 23.7. The number of benzene rings is 3. The molecule has 41 heavy (non-hydrogen) atoms. The van der Waals surface area contributed by atoms with Gasteiger partial charge in [0, 0.05) is 12.5 Å². The van der Waals surface area contributed by atoms with Gasteiger partial charge in [0.05, 0.1) is 18.6 Å². The highest BCUT2D eigenvalue weighted by atomic mass is 16.5. The van der Waals surface area contributed by atoms with Crippen molar-refractivity contribution in [2.75, 3.05) is 13.2 Å². The molecule has 4 rings (SSSR count). The van der Waals surface area contributed by atoms with Gasteiger partial charge in [-0.15, -0.1) is 0 Å². The Morgan fingerprint density at radius 2 is 1.44 bits per heavy atom. The largest absolute Gasteiger partial charge is 0.480 e. The zero-order valence-corrected chi connectivity index (χ0v) is 23.7. The van der Waals surface area contributed by atoms with E-state index >= 15 is 0 Å². The molecule has 3 aromatic rings. The molecular formula is C33H38N2O6. The van der Waals surface area contributed by atoms with Crippen molar-refractivity contribution in [2.45, 2.75) is 51.9 Å². The first kappa shape index (κ1) is 29.8. The van der Waals surface area contributed by atoms with Crippen molar-refractivity contribution < 1.29 is 29.0 Å². The third-order valence-corrected chi connectivity index (χ3v) is 7.35. The number of alkyl carbamates (subject to hydrolysis) is 1. The fraction of sp³-hybridized carbons (Fsp3) is 0.364. The van der Waals surface area contributed by atoms with Gasteiger partial charge in [-0.3, -0.25) is 4.79 Å². The van der Waals surface area contributed by atoms with E-state index in [4.69, 9.17) is 9.47 Å². The average molecular weight is 559 g/mol. The summed E-state index contributed by atoms with van der Waals surface area (Å²) in [6, 6.07) is 24.4. The molecule has 2 amide bonds. The molecule has 0 saturated heterocycles. The molecule has 0 spiro atoms. The Kier molecular flexibility index (Phi) is 10.1. The van der Waals surface area contributed by atoms with Gasteiger partial charge in [-0.2, -0.15) is 0 Å². The SMILES string of the molecule is CC(C)CC(CNC(=O)OCC1c2ccccc2-c2ccccc21)C(=O)N[C@@H](C(=O)O)[C@H](C)OCc1ccccc1. The number of amides is 2. The van der Waals surface area contributed by atoms with Crippen LogP contribution in [0.15, 0.2) is 78.9 Å². The van der Waals surface area contributed by atoms with Gasteiger partial charge < -0.3 is 25.2 Å². The van der Waals surface area contributed by atoms with Crippen LogP contribution < -0.4 is 10.6 Å². The van der Waals surface area contributed by atoms with E-state index in [-0.39, 0.29) is 31.6 Å². The van der Waals surface area contributed by atoms with E-state index in [1.807, 2.05) is 80.6 Å². The van der Waals surface area contributed by atoms with E-state index in [2.05, 4.69) is 22.8 Å². The van der Waals surface area contributed by atoms with Crippen LogP contribution >= 0.6 is 0 Å². The summed E-state index contributed by atoms with van der Waals surface area (Å²) >= 11 is 0. The van der Waals surface area contributed by atoms with E-state index in [0.717, 1.165) is 27.8 Å². The van der Waals surface area contributed by atoms with E-state index in [0.29, 0.717) is 6.42 Å². The summed E-state index contributed by atoms with van der Waals surface area (Å²) in [5.74, 6) is -2.22.